The van der Waals surface area contributed by atoms with Crippen molar-refractivity contribution in [1.82, 2.24) is 0 Å². The van der Waals surface area contributed by atoms with Crippen molar-refractivity contribution in [3.8, 4) is 0 Å². The van der Waals surface area contributed by atoms with Gasteiger partial charge in [0.1, 0.15) is 0 Å². The number of hydrogen-bond donors (Lipinski definition) is 2. The van der Waals surface area contributed by atoms with Crippen molar-refractivity contribution in [3.05, 3.63) is 42.0 Å². The number of aliphatic hydroxyl groups is 2. The second-order valence-electron chi connectivity index (χ2n) is 3.42. The molecule has 0 aliphatic heterocycles. The first-order valence-electron chi connectivity index (χ1n) is 4.78. The average Bonchev–Trinajstić information content (AvgIpc) is 2.15. The van der Waals surface area contributed by atoms with Gasteiger partial charge in [0.2, 0.25) is 0 Å². The minimum atomic E-state index is -0.574. The Morgan fingerprint density at radius 3 is 2.43 bits per heavy atom. The molecule has 76 valence electrons. The van der Waals surface area contributed by atoms with E-state index in [1.165, 1.54) is 0 Å². The Morgan fingerprint density at radius 1 is 1.21 bits per heavy atom. The predicted octanol–water partition coefficient (Wildman–Crippen LogP) is 1.83. The third-order valence-electron chi connectivity index (χ3n) is 1.89. The van der Waals surface area contributed by atoms with Crippen molar-refractivity contribution in [1.29, 1.82) is 0 Å². The summed E-state index contributed by atoms with van der Waals surface area (Å²) in [7, 11) is 0. The van der Waals surface area contributed by atoms with E-state index in [1.54, 1.807) is 13.0 Å². The van der Waals surface area contributed by atoms with E-state index < -0.39 is 12.2 Å². The molecule has 2 nitrogen and oxygen atoms in total. The first kappa shape index (κ1) is 11.0. The van der Waals surface area contributed by atoms with E-state index in [1.807, 2.05) is 36.4 Å². The zero-order valence-electron chi connectivity index (χ0n) is 8.30. The Bertz CT molecular complexity index is 278. The van der Waals surface area contributed by atoms with Gasteiger partial charge in [-0.15, -0.1) is 0 Å². The van der Waals surface area contributed by atoms with E-state index in [2.05, 4.69) is 0 Å². The van der Waals surface area contributed by atoms with Gasteiger partial charge in [0.15, 0.2) is 0 Å². The smallest absolute Gasteiger partial charge is 0.0748 e. The molecular formula is C12H16O2. The van der Waals surface area contributed by atoms with Crippen LogP contribution >= 0.6 is 0 Å². The topological polar surface area (TPSA) is 40.5 Å². The minimum absolute atomic E-state index is 0.378. The molecule has 0 amide bonds. The van der Waals surface area contributed by atoms with E-state index in [4.69, 9.17) is 5.11 Å². The van der Waals surface area contributed by atoms with E-state index >= 15 is 0 Å². The van der Waals surface area contributed by atoms with Crippen LogP contribution in [0.5, 0.6) is 0 Å². The van der Waals surface area contributed by atoms with Crippen LogP contribution in [0.25, 0.3) is 6.08 Å². The Hall–Kier alpha value is -1.12. The number of aliphatic hydroxyl groups excluding tert-OH is 2. The summed E-state index contributed by atoms with van der Waals surface area (Å²) in [5, 5.41) is 18.5. The van der Waals surface area contributed by atoms with Gasteiger partial charge in [-0.3, -0.25) is 0 Å². The standard InChI is InChI=1S/C12H16O2/c1-10(13)9-12(14)8-7-11-5-3-2-4-6-11/h2-8,10,12-14H,9H2,1H3/b8-7+/t10-,12+/m0/s1. The maximum absolute atomic E-state index is 9.43. The summed E-state index contributed by atoms with van der Waals surface area (Å²) in [5.74, 6) is 0. The molecule has 0 fully saturated rings. The van der Waals surface area contributed by atoms with Gasteiger partial charge in [-0.25, -0.2) is 0 Å². The highest BCUT2D eigenvalue weighted by atomic mass is 16.3. The summed E-state index contributed by atoms with van der Waals surface area (Å²) >= 11 is 0. The SMILES string of the molecule is C[C@H](O)C[C@H](O)/C=C/c1ccccc1. The summed E-state index contributed by atoms with van der Waals surface area (Å²) in [5.41, 5.74) is 1.05. The summed E-state index contributed by atoms with van der Waals surface area (Å²) in [6, 6.07) is 9.77. The average molecular weight is 192 g/mol. The van der Waals surface area contributed by atoms with Crippen molar-refractivity contribution in [2.75, 3.05) is 0 Å². The van der Waals surface area contributed by atoms with Crippen molar-refractivity contribution >= 4 is 6.08 Å². The highest BCUT2D eigenvalue weighted by Crippen LogP contribution is 2.05. The second kappa shape index (κ2) is 5.58. The molecule has 1 aromatic carbocycles. The fraction of sp³-hybridized carbons (Fsp3) is 0.333. The van der Waals surface area contributed by atoms with Crippen LogP contribution in [0.1, 0.15) is 18.9 Å². The summed E-state index contributed by atoms with van der Waals surface area (Å²) < 4.78 is 0. The van der Waals surface area contributed by atoms with Crippen LogP contribution in [0.3, 0.4) is 0 Å². The molecule has 0 aromatic heterocycles. The molecule has 1 aromatic rings. The molecule has 2 N–H and O–H groups in total. The van der Waals surface area contributed by atoms with E-state index in [-0.39, 0.29) is 0 Å². The maximum atomic E-state index is 9.43. The largest absolute Gasteiger partial charge is 0.393 e. The molecular weight excluding hydrogens is 176 g/mol. The molecule has 0 saturated carbocycles. The molecule has 0 aliphatic carbocycles. The third-order valence-corrected chi connectivity index (χ3v) is 1.89. The third kappa shape index (κ3) is 4.21. The first-order chi connectivity index (χ1) is 6.68. The van der Waals surface area contributed by atoms with Gasteiger partial charge in [0.25, 0.3) is 0 Å². The van der Waals surface area contributed by atoms with Crippen molar-refractivity contribution in [3.63, 3.8) is 0 Å². The van der Waals surface area contributed by atoms with Gasteiger partial charge in [-0.2, -0.15) is 0 Å². The lowest BCUT2D eigenvalue weighted by molar-refractivity contribution is 0.117. The Morgan fingerprint density at radius 2 is 1.86 bits per heavy atom. The van der Waals surface area contributed by atoms with Crippen molar-refractivity contribution in [2.45, 2.75) is 25.6 Å². The van der Waals surface area contributed by atoms with E-state index in [9.17, 15) is 5.11 Å². The lowest BCUT2D eigenvalue weighted by Crippen LogP contribution is -2.11. The Labute approximate surface area is 84.5 Å². The van der Waals surface area contributed by atoms with Crippen LogP contribution in [0.4, 0.5) is 0 Å². The van der Waals surface area contributed by atoms with E-state index in [0.717, 1.165) is 5.56 Å². The molecule has 0 spiro atoms. The van der Waals surface area contributed by atoms with Gasteiger partial charge in [-0.05, 0) is 12.5 Å². The van der Waals surface area contributed by atoms with Crippen LogP contribution in [-0.2, 0) is 0 Å². The summed E-state index contributed by atoms with van der Waals surface area (Å²) in [6.07, 6.45) is 2.89. The van der Waals surface area contributed by atoms with Gasteiger partial charge >= 0.3 is 0 Å². The highest BCUT2D eigenvalue weighted by Gasteiger charge is 2.02. The fourth-order valence-corrected chi connectivity index (χ4v) is 1.21. The van der Waals surface area contributed by atoms with Crippen LogP contribution in [-0.4, -0.2) is 22.4 Å². The molecule has 1 rings (SSSR count). The molecule has 2 heteroatoms. The summed E-state index contributed by atoms with van der Waals surface area (Å²) in [4.78, 5) is 0. The van der Waals surface area contributed by atoms with Gasteiger partial charge in [-0.1, -0.05) is 42.5 Å². The lowest BCUT2D eigenvalue weighted by Gasteiger charge is -2.07. The van der Waals surface area contributed by atoms with Crippen molar-refractivity contribution in [2.24, 2.45) is 0 Å². The van der Waals surface area contributed by atoms with Gasteiger partial charge < -0.3 is 10.2 Å². The molecule has 2 atom stereocenters. The number of benzene rings is 1. The zero-order chi connectivity index (χ0) is 10.4. The normalized spacial score (nSPS) is 15.6. The molecule has 0 bridgehead atoms. The number of rotatable bonds is 4. The lowest BCUT2D eigenvalue weighted by atomic mass is 10.1. The molecule has 0 saturated heterocycles. The zero-order valence-corrected chi connectivity index (χ0v) is 8.30. The number of hydrogen-bond acceptors (Lipinski definition) is 2. The Kier molecular flexibility index (Phi) is 4.36. The highest BCUT2D eigenvalue weighted by molar-refractivity contribution is 5.49. The van der Waals surface area contributed by atoms with Crippen molar-refractivity contribution < 1.29 is 10.2 Å². The predicted molar refractivity (Wildman–Crippen MR) is 57.8 cm³/mol. The molecule has 0 unspecified atom stereocenters. The quantitative estimate of drug-likeness (QED) is 0.764. The fourth-order valence-electron chi connectivity index (χ4n) is 1.21. The van der Waals surface area contributed by atoms with Crippen LogP contribution in [0.2, 0.25) is 0 Å². The van der Waals surface area contributed by atoms with Crippen LogP contribution in [0, 0.1) is 0 Å². The molecule has 0 aliphatic rings. The van der Waals surface area contributed by atoms with Gasteiger partial charge in [0.05, 0.1) is 12.2 Å². The summed E-state index contributed by atoms with van der Waals surface area (Å²) in [6.45, 7) is 1.67. The second-order valence-corrected chi connectivity index (χ2v) is 3.42. The van der Waals surface area contributed by atoms with Gasteiger partial charge in [0, 0.05) is 6.42 Å². The minimum Gasteiger partial charge on any atom is -0.393 e. The van der Waals surface area contributed by atoms with Crippen LogP contribution < -0.4 is 0 Å². The maximum Gasteiger partial charge on any atom is 0.0748 e. The molecule has 0 heterocycles. The molecule has 0 radical (unpaired) electrons. The molecule has 14 heavy (non-hydrogen) atoms. The first-order valence-corrected chi connectivity index (χ1v) is 4.78. The monoisotopic (exact) mass is 192 g/mol. The van der Waals surface area contributed by atoms with E-state index in [0.29, 0.717) is 6.42 Å². The van der Waals surface area contributed by atoms with Crippen LogP contribution in [0.15, 0.2) is 36.4 Å². The Balaban J connectivity index is 2.48.